The molecule has 0 heterocycles. The van der Waals surface area contributed by atoms with Gasteiger partial charge < -0.3 is 10.6 Å². The van der Waals surface area contributed by atoms with Crippen molar-refractivity contribution < 1.29 is 4.79 Å². The lowest BCUT2D eigenvalue weighted by atomic mass is 9.82. The molecular weight excluding hydrogens is 248 g/mol. The van der Waals surface area contributed by atoms with Crippen molar-refractivity contribution in [3.8, 4) is 0 Å². The van der Waals surface area contributed by atoms with Gasteiger partial charge in [-0.05, 0) is 62.3 Å². The van der Waals surface area contributed by atoms with Crippen LogP contribution < -0.4 is 5.73 Å². The first-order valence-corrected chi connectivity index (χ1v) is 8.64. The van der Waals surface area contributed by atoms with Crippen molar-refractivity contribution >= 4 is 5.91 Å². The first-order chi connectivity index (χ1) is 9.69. The van der Waals surface area contributed by atoms with Crippen LogP contribution in [0.4, 0.5) is 0 Å². The summed E-state index contributed by atoms with van der Waals surface area (Å²) >= 11 is 0. The van der Waals surface area contributed by atoms with Crippen LogP contribution in [0.25, 0.3) is 0 Å². The summed E-state index contributed by atoms with van der Waals surface area (Å²) in [5.74, 6) is 3.39. The number of fused-ring (bicyclic) bond motifs is 2. The fourth-order valence-corrected chi connectivity index (χ4v) is 5.15. The van der Waals surface area contributed by atoms with Crippen LogP contribution in [0.1, 0.15) is 57.8 Å². The van der Waals surface area contributed by atoms with Crippen LogP contribution in [-0.4, -0.2) is 30.4 Å². The maximum atomic E-state index is 12.6. The van der Waals surface area contributed by atoms with Gasteiger partial charge in [-0.25, -0.2) is 0 Å². The lowest BCUT2D eigenvalue weighted by Crippen LogP contribution is -2.46. The monoisotopic (exact) mass is 278 g/mol. The summed E-state index contributed by atoms with van der Waals surface area (Å²) in [7, 11) is 2.02. The van der Waals surface area contributed by atoms with E-state index < -0.39 is 0 Å². The fourth-order valence-electron chi connectivity index (χ4n) is 5.15. The van der Waals surface area contributed by atoms with Crippen molar-refractivity contribution in [2.24, 2.45) is 29.4 Å². The van der Waals surface area contributed by atoms with E-state index in [0.717, 1.165) is 31.2 Å². The van der Waals surface area contributed by atoms with Gasteiger partial charge in [0, 0.05) is 19.5 Å². The Balaban J connectivity index is 1.56. The summed E-state index contributed by atoms with van der Waals surface area (Å²) in [6.45, 7) is 0.733. The third kappa shape index (κ3) is 2.74. The average Bonchev–Trinajstić information content (AvgIpc) is 3.09. The molecule has 5 atom stereocenters. The van der Waals surface area contributed by atoms with Crippen LogP contribution in [0.3, 0.4) is 0 Å². The third-order valence-electron chi connectivity index (χ3n) is 6.38. The zero-order valence-corrected chi connectivity index (χ0v) is 12.9. The Kier molecular flexibility index (Phi) is 4.34. The van der Waals surface area contributed by atoms with Crippen molar-refractivity contribution in [2.45, 2.75) is 63.8 Å². The van der Waals surface area contributed by atoms with Gasteiger partial charge in [0.25, 0.3) is 0 Å². The van der Waals surface area contributed by atoms with Gasteiger partial charge in [-0.2, -0.15) is 0 Å². The minimum absolute atomic E-state index is 0.382. The highest BCUT2D eigenvalue weighted by Crippen LogP contribution is 2.49. The number of hydrogen-bond donors (Lipinski definition) is 1. The molecule has 3 fully saturated rings. The molecule has 1 amide bonds. The SMILES string of the molecule is CN(C(=O)CC1CC2CCC1C2)C1CCCCC1CN. The van der Waals surface area contributed by atoms with Gasteiger partial charge in [-0.15, -0.1) is 0 Å². The molecule has 0 aromatic heterocycles. The zero-order valence-electron chi connectivity index (χ0n) is 12.9. The van der Waals surface area contributed by atoms with Crippen molar-refractivity contribution in [3.05, 3.63) is 0 Å². The number of nitrogens with two attached hydrogens (primary N) is 1. The average molecular weight is 278 g/mol. The Labute approximate surface area is 123 Å². The molecule has 20 heavy (non-hydrogen) atoms. The molecule has 3 rings (SSSR count). The van der Waals surface area contributed by atoms with Gasteiger partial charge in [-0.1, -0.05) is 19.3 Å². The molecule has 3 aliphatic carbocycles. The minimum atomic E-state index is 0.382. The number of amides is 1. The Morgan fingerprint density at radius 3 is 2.55 bits per heavy atom. The van der Waals surface area contributed by atoms with Gasteiger partial charge >= 0.3 is 0 Å². The van der Waals surface area contributed by atoms with Gasteiger partial charge in [0.05, 0.1) is 0 Å². The summed E-state index contributed by atoms with van der Waals surface area (Å²) in [4.78, 5) is 14.7. The highest BCUT2D eigenvalue weighted by atomic mass is 16.2. The molecule has 0 aromatic carbocycles. The second kappa shape index (κ2) is 6.05. The normalized spacial score (nSPS) is 40.0. The van der Waals surface area contributed by atoms with Gasteiger partial charge in [-0.3, -0.25) is 4.79 Å². The predicted octanol–water partition coefficient (Wildman–Crippen LogP) is 2.79. The van der Waals surface area contributed by atoms with Crippen molar-refractivity contribution in [1.29, 1.82) is 0 Å². The third-order valence-corrected chi connectivity index (χ3v) is 6.38. The van der Waals surface area contributed by atoms with Crippen LogP contribution in [0.5, 0.6) is 0 Å². The minimum Gasteiger partial charge on any atom is -0.342 e. The van der Waals surface area contributed by atoms with Crippen LogP contribution in [0.2, 0.25) is 0 Å². The van der Waals surface area contributed by atoms with Gasteiger partial charge in [0.15, 0.2) is 0 Å². The maximum absolute atomic E-state index is 12.6. The molecule has 0 saturated heterocycles. The van der Waals surface area contributed by atoms with E-state index in [0.29, 0.717) is 23.8 Å². The van der Waals surface area contributed by atoms with E-state index in [9.17, 15) is 4.79 Å². The standard InChI is InChI=1S/C17H30N2O/c1-19(16-5-3-2-4-14(16)11-18)17(20)10-15-9-12-6-7-13(15)8-12/h12-16H,2-11,18H2,1H3. The molecule has 0 aliphatic heterocycles. The van der Waals surface area contributed by atoms with Crippen LogP contribution in [0.15, 0.2) is 0 Å². The molecule has 0 radical (unpaired) electrons. The highest BCUT2D eigenvalue weighted by molar-refractivity contribution is 5.76. The van der Waals surface area contributed by atoms with Gasteiger partial charge in [0.2, 0.25) is 5.91 Å². The molecule has 3 aliphatic rings. The van der Waals surface area contributed by atoms with Crippen molar-refractivity contribution in [1.82, 2.24) is 4.90 Å². The number of nitrogens with zero attached hydrogens (tertiary/aromatic N) is 1. The Morgan fingerprint density at radius 2 is 1.90 bits per heavy atom. The molecular formula is C17H30N2O. The van der Waals surface area contributed by atoms with Crippen LogP contribution >= 0.6 is 0 Å². The number of rotatable bonds is 4. The second-order valence-corrected chi connectivity index (χ2v) is 7.49. The molecule has 3 saturated carbocycles. The smallest absolute Gasteiger partial charge is 0.222 e. The van der Waals surface area contributed by atoms with Crippen molar-refractivity contribution in [2.75, 3.05) is 13.6 Å². The maximum Gasteiger partial charge on any atom is 0.222 e. The summed E-state index contributed by atoms with van der Waals surface area (Å²) in [6, 6.07) is 0.403. The largest absolute Gasteiger partial charge is 0.342 e. The number of carbonyl (C=O) groups excluding carboxylic acids is 1. The molecule has 2 bridgehead atoms. The zero-order chi connectivity index (χ0) is 14.1. The molecule has 2 N–H and O–H groups in total. The van der Waals surface area contributed by atoms with E-state index in [2.05, 4.69) is 4.90 Å². The number of carbonyl (C=O) groups is 1. The van der Waals surface area contributed by atoms with Crippen LogP contribution in [-0.2, 0) is 4.79 Å². The highest BCUT2D eigenvalue weighted by Gasteiger charge is 2.41. The fraction of sp³-hybridized carbons (Fsp3) is 0.941. The quantitative estimate of drug-likeness (QED) is 0.859. The van der Waals surface area contributed by atoms with E-state index >= 15 is 0 Å². The summed E-state index contributed by atoms with van der Waals surface area (Å²) in [6.07, 6.45) is 11.2. The lowest BCUT2D eigenvalue weighted by Gasteiger charge is -2.38. The molecule has 3 heteroatoms. The van der Waals surface area contributed by atoms with E-state index in [4.69, 9.17) is 5.73 Å². The molecule has 5 unspecified atom stereocenters. The summed E-state index contributed by atoms with van der Waals surface area (Å²) < 4.78 is 0. The van der Waals surface area contributed by atoms with E-state index in [1.165, 1.54) is 44.9 Å². The topological polar surface area (TPSA) is 46.3 Å². The second-order valence-electron chi connectivity index (χ2n) is 7.49. The van der Waals surface area contributed by atoms with E-state index in [1.807, 2.05) is 7.05 Å². The number of hydrogen-bond acceptors (Lipinski definition) is 2. The predicted molar refractivity (Wildman–Crippen MR) is 81.1 cm³/mol. The Bertz CT molecular complexity index is 357. The van der Waals surface area contributed by atoms with E-state index in [1.54, 1.807) is 0 Å². The van der Waals surface area contributed by atoms with Crippen LogP contribution in [0, 0.1) is 23.7 Å². The molecule has 3 nitrogen and oxygen atoms in total. The summed E-state index contributed by atoms with van der Waals surface area (Å²) in [5, 5.41) is 0. The van der Waals surface area contributed by atoms with Gasteiger partial charge in [0.1, 0.15) is 0 Å². The first-order valence-electron chi connectivity index (χ1n) is 8.64. The van der Waals surface area contributed by atoms with Crippen molar-refractivity contribution in [3.63, 3.8) is 0 Å². The molecule has 0 aromatic rings. The molecule has 114 valence electrons. The Morgan fingerprint density at radius 1 is 1.10 bits per heavy atom. The van der Waals surface area contributed by atoms with E-state index in [-0.39, 0.29) is 0 Å². The molecule has 0 spiro atoms. The Hall–Kier alpha value is -0.570. The summed E-state index contributed by atoms with van der Waals surface area (Å²) in [5.41, 5.74) is 5.91. The lowest BCUT2D eigenvalue weighted by molar-refractivity contribution is -0.135. The first kappa shape index (κ1) is 14.4.